The average molecular weight is 272 g/mol. The van der Waals surface area contributed by atoms with E-state index >= 15 is 0 Å². The van der Waals surface area contributed by atoms with Crippen LogP contribution >= 0.6 is 0 Å². The summed E-state index contributed by atoms with van der Waals surface area (Å²) in [5.41, 5.74) is -0.659. The minimum atomic E-state index is -0.891. The van der Waals surface area contributed by atoms with E-state index in [-0.39, 0.29) is 12.3 Å². The highest BCUT2D eigenvalue weighted by atomic mass is 16.5. The molecule has 6 heteroatoms. The van der Waals surface area contributed by atoms with Crippen molar-refractivity contribution in [2.45, 2.75) is 32.2 Å². The molecule has 1 saturated heterocycles. The van der Waals surface area contributed by atoms with E-state index in [9.17, 15) is 9.59 Å². The van der Waals surface area contributed by atoms with Crippen LogP contribution in [0.15, 0.2) is 0 Å². The number of amides is 1. The Balaban J connectivity index is 2.40. The summed E-state index contributed by atoms with van der Waals surface area (Å²) in [6.45, 7) is 7.39. The van der Waals surface area contributed by atoms with Gasteiger partial charge in [-0.2, -0.15) is 0 Å². The van der Waals surface area contributed by atoms with Crippen molar-refractivity contribution in [2.75, 3.05) is 39.9 Å². The normalized spacial score (nSPS) is 17.2. The van der Waals surface area contributed by atoms with Gasteiger partial charge in [-0.15, -0.1) is 0 Å². The number of carbonyl (C=O) groups is 2. The van der Waals surface area contributed by atoms with E-state index in [1.54, 1.807) is 25.8 Å². The largest absolute Gasteiger partial charge is 0.481 e. The van der Waals surface area contributed by atoms with Gasteiger partial charge in [-0.25, -0.2) is 0 Å². The molecule has 1 rings (SSSR count). The van der Waals surface area contributed by atoms with Crippen LogP contribution in [0.1, 0.15) is 26.7 Å². The first-order chi connectivity index (χ1) is 8.83. The predicted octanol–water partition coefficient (Wildman–Crippen LogP) is 0.420. The molecule has 19 heavy (non-hydrogen) atoms. The maximum Gasteiger partial charge on any atom is 0.305 e. The first-order valence-electron chi connectivity index (χ1n) is 6.61. The average Bonchev–Trinajstić information content (AvgIpc) is 2.34. The molecule has 0 bridgehead atoms. The highest BCUT2D eigenvalue weighted by Gasteiger charge is 2.30. The third kappa shape index (κ3) is 5.16. The zero-order chi connectivity index (χ0) is 14.5. The summed E-state index contributed by atoms with van der Waals surface area (Å²) in [6, 6.07) is 0. The van der Waals surface area contributed by atoms with E-state index in [1.807, 2.05) is 0 Å². The Morgan fingerprint density at radius 3 is 2.42 bits per heavy atom. The number of nitrogens with zero attached hydrogens (tertiary/aromatic N) is 2. The Labute approximate surface area is 114 Å². The Bertz CT molecular complexity index is 325. The molecule has 0 aromatic rings. The van der Waals surface area contributed by atoms with Crippen molar-refractivity contribution in [3.05, 3.63) is 0 Å². The van der Waals surface area contributed by atoms with Crippen molar-refractivity contribution in [3.63, 3.8) is 0 Å². The van der Waals surface area contributed by atoms with Gasteiger partial charge in [-0.3, -0.25) is 14.5 Å². The zero-order valence-corrected chi connectivity index (χ0v) is 12.0. The van der Waals surface area contributed by atoms with E-state index in [1.165, 1.54) is 0 Å². The van der Waals surface area contributed by atoms with Crippen molar-refractivity contribution in [1.29, 1.82) is 0 Å². The van der Waals surface area contributed by atoms with E-state index in [4.69, 9.17) is 9.84 Å². The fourth-order valence-electron chi connectivity index (χ4n) is 2.07. The summed E-state index contributed by atoms with van der Waals surface area (Å²) in [5.74, 6) is -0.907. The van der Waals surface area contributed by atoms with Crippen molar-refractivity contribution in [3.8, 4) is 0 Å². The molecule has 0 aliphatic carbocycles. The lowest BCUT2D eigenvalue weighted by Gasteiger charge is -2.35. The number of ether oxygens (including phenoxy) is 1. The van der Waals surface area contributed by atoms with Gasteiger partial charge in [-0.1, -0.05) is 0 Å². The molecule has 1 amide bonds. The van der Waals surface area contributed by atoms with Gasteiger partial charge in [0.2, 0.25) is 5.91 Å². The molecule has 1 N–H and O–H groups in total. The summed E-state index contributed by atoms with van der Waals surface area (Å²) >= 11 is 0. The maximum absolute atomic E-state index is 12.1. The second-order valence-electron chi connectivity index (χ2n) is 5.54. The number of carboxylic acids is 1. The van der Waals surface area contributed by atoms with Gasteiger partial charge in [0, 0.05) is 38.6 Å². The highest BCUT2D eigenvalue weighted by molar-refractivity contribution is 5.78. The number of morpholine rings is 1. The molecule has 0 spiro atoms. The molecule has 0 aromatic carbocycles. The first kappa shape index (κ1) is 15.9. The van der Waals surface area contributed by atoms with Gasteiger partial charge in [0.15, 0.2) is 0 Å². The lowest BCUT2D eigenvalue weighted by atomic mass is 9.98. The van der Waals surface area contributed by atoms with Crippen molar-refractivity contribution < 1.29 is 19.4 Å². The molecule has 6 nitrogen and oxygen atoms in total. The molecule has 1 heterocycles. The summed E-state index contributed by atoms with van der Waals surface area (Å²) < 4.78 is 5.25. The molecule has 0 saturated carbocycles. The van der Waals surface area contributed by atoms with Crippen molar-refractivity contribution >= 4 is 11.9 Å². The lowest BCUT2D eigenvalue weighted by Crippen LogP contribution is -2.47. The van der Waals surface area contributed by atoms with Crippen LogP contribution in [0.4, 0.5) is 0 Å². The number of hydrogen-bond donors (Lipinski definition) is 1. The standard InChI is InChI=1S/C13H24N2O4/c1-13(2,10-12(17)18)14(3)11(16)4-5-15-6-8-19-9-7-15/h4-10H2,1-3H3,(H,17,18). The predicted molar refractivity (Wildman–Crippen MR) is 71.0 cm³/mol. The molecule has 1 aliphatic heterocycles. The van der Waals surface area contributed by atoms with Crippen LogP contribution < -0.4 is 0 Å². The molecule has 1 aliphatic rings. The van der Waals surface area contributed by atoms with E-state index in [0.717, 1.165) is 13.1 Å². The van der Waals surface area contributed by atoms with Gasteiger partial charge >= 0.3 is 5.97 Å². The smallest absolute Gasteiger partial charge is 0.305 e. The van der Waals surface area contributed by atoms with Gasteiger partial charge in [-0.05, 0) is 13.8 Å². The summed E-state index contributed by atoms with van der Waals surface area (Å²) in [5, 5.41) is 8.85. The monoisotopic (exact) mass is 272 g/mol. The van der Waals surface area contributed by atoms with E-state index in [0.29, 0.717) is 26.2 Å². The second kappa shape index (κ2) is 6.86. The van der Waals surface area contributed by atoms with Crippen LogP contribution in [-0.2, 0) is 14.3 Å². The third-order valence-electron chi connectivity index (χ3n) is 3.61. The Morgan fingerprint density at radius 2 is 1.89 bits per heavy atom. The lowest BCUT2D eigenvalue weighted by molar-refractivity contribution is -0.143. The van der Waals surface area contributed by atoms with Crippen LogP contribution in [0.3, 0.4) is 0 Å². The van der Waals surface area contributed by atoms with Crippen LogP contribution in [0, 0.1) is 0 Å². The number of aliphatic carboxylic acids is 1. The van der Waals surface area contributed by atoms with Crippen LogP contribution in [0.25, 0.3) is 0 Å². The minimum Gasteiger partial charge on any atom is -0.481 e. The zero-order valence-electron chi connectivity index (χ0n) is 12.0. The number of carbonyl (C=O) groups excluding carboxylic acids is 1. The summed E-state index contributed by atoms with van der Waals surface area (Å²) in [4.78, 5) is 26.6. The van der Waals surface area contributed by atoms with Gasteiger partial charge in [0.05, 0.1) is 19.6 Å². The Kier molecular flexibility index (Phi) is 5.75. The topological polar surface area (TPSA) is 70.1 Å². The SMILES string of the molecule is CN(C(=O)CCN1CCOCC1)C(C)(C)CC(=O)O. The maximum atomic E-state index is 12.1. The quantitative estimate of drug-likeness (QED) is 0.759. The number of rotatable bonds is 6. The summed E-state index contributed by atoms with van der Waals surface area (Å²) in [7, 11) is 1.67. The van der Waals surface area contributed by atoms with Gasteiger partial charge in [0.1, 0.15) is 0 Å². The number of hydrogen-bond acceptors (Lipinski definition) is 4. The highest BCUT2D eigenvalue weighted by Crippen LogP contribution is 2.18. The van der Waals surface area contributed by atoms with Gasteiger partial charge < -0.3 is 14.7 Å². The molecule has 110 valence electrons. The van der Waals surface area contributed by atoms with Crippen LogP contribution in [0.2, 0.25) is 0 Å². The Hall–Kier alpha value is -1.14. The first-order valence-corrected chi connectivity index (χ1v) is 6.61. The second-order valence-corrected chi connectivity index (χ2v) is 5.54. The number of carboxylic acid groups (broad SMARTS) is 1. The molecule has 0 aromatic heterocycles. The van der Waals surface area contributed by atoms with Crippen molar-refractivity contribution in [2.24, 2.45) is 0 Å². The molecule has 0 unspecified atom stereocenters. The minimum absolute atomic E-state index is 0.0160. The van der Waals surface area contributed by atoms with E-state index < -0.39 is 11.5 Å². The Morgan fingerprint density at radius 1 is 1.32 bits per heavy atom. The molecular weight excluding hydrogens is 248 g/mol. The van der Waals surface area contributed by atoms with Crippen molar-refractivity contribution in [1.82, 2.24) is 9.80 Å². The fourth-order valence-corrected chi connectivity index (χ4v) is 2.07. The van der Waals surface area contributed by atoms with Crippen LogP contribution in [-0.4, -0.2) is 72.2 Å². The fraction of sp³-hybridized carbons (Fsp3) is 0.846. The summed E-state index contributed by atoms with van der Waals surface area (Å²) in [6.07, 6.45) is 0.367. The molecular formula is C13H24N2O4. The third-order valence-corrected chi connectivity index (χ3v) is 3.61. The van der Waals surface area contributed by atoms with Gasteiger partial charge in [0.25, 0.3) is 0 Å². The molecule has 1 fully saturated rings. The molecule has 0 atom stereocenters. The van der Waals surface area contributed by atoms with Crippen LogP contribution in [0.5, 0.6) is 0 Å². The molecule has 0 radical (unpaired) electrons. The van der Waals surface area contributed by atoms with E-state index in [2.05, 4.69) is 4.90 Å².